The molecule has 13 heteroatoms. The first-order valence-corrected chi connectivity index (χ1v) is 16.2. The third-order valence-electron chi connectivity index (χ3n) is 8.13. The molecule has 2 aromatic rings. The zero-order valence-electron chi connectivity index (χ0n) is 25.3. The van der Waals surface area contributed by atoms with E-state index in [-0.39, 0.29) is 22.7 Å². The van der Waals surface area contributed by atoms with Gasteiger partial charge in [-0.15, -0.1) is 11.8 Å². The first-order valence-electron chi connectivity index (χ1n) is 14.8. The van der Waals surface area contributed by atoms with Gasteiger partial charge in [0, 0.05) is 74.0 Å². The van der Waals surface area contributed by atoms with Crippen LogP contribution in [0.2, 0.25) is 5.02 Å². The third kappa shape index (κ3) is 5.96. The molecule has 0 aliphatic carbocycles. The molecule has 6 rings (SSSR count). The fraction of sp³-hybridized carbons (Fsp3) is 0.484. The number of nitrogens with zero attached hydrogens (tertiary/aromatic N) is 5. The smallest absolute Gasteiger partial charge is 0.444 e. The highest BCUT2D eigenvalue weighted by Gasteiger charge is 2.45. The number of carbonyl (C=O) groups is 2. The summed E-state index contributed by atoms with van der Waals surface area (Å²) in [7, 11) is 0. The number of urea groups is 1. The molecule has 2 saturated heterocycles. The molecule has 2 aromatic carbocycles. The average Bonchev–Trinajstić information content (AvgIpc) is 2.95. The Bertz CT molecular complexity index is 1590. The zero-order chi connectivity index (χ0) is 31.3. The van der Waals surface area contributed by atoms with E-state index in [1.165, 1.54) is 23.9 Å². The molecule has 4 aliphatic heterocycles. The number of amidine groups is 1. The molecule has 234 valence electrons. The molecule has 2 fully saturated rings. The van der Waals surface area contributed by atoms with E-state index in [0.29, 0.717) is 59.5 Å². The fourth-order valence-corrected chi connectivity index (χ4v) is 7.72. The Morgan fingerprint density at radius 2 is 1.91 bits per heavy atom. The van der Waals surface area contributed by atoms with E-state index in [9.17, 15) is 14.0 Å². The fourth-order valence-electron chi connectivity index (χ4n) is 6.13. The van der Waals surface area contributed by atoms with Gasteiger partial charge in [0.05, 0.1) is 27.8 Å². The Balaban J connectivity index is 1.43. The van der Waals surface area contributed by atoms with Crippen molar-refractivity contribution in [3.8, 4) is 11.1 Å². The molecule has 0 aromatic heterocycles. The van der Waals surface area contributed by atoms with E-state index < -0.39 is 23.3 Å². The minimum atomic E-state index is -0.728. The van der Waals surface area contributed by atoms with Crippen LogP contribution in [0, 0.1) is 11.6 Å². The van der Waals surface area contributed by atoms with Gasteiger partial charge < -0.3 is 19.9 Å². The predicted octanol–water partition coefficient (Wildman–Crippen LogP) is 5.20. The van der Waals surface area contributed by atoms with E-state index in [4.69, 9.17) is 16.3 Å². The van der Waals surface area contributed by atoms with E-state index >= 15 is 4.39 Å². The van der Waals surface area contributed by atoms with Crippen molar-refractivity contribution in [1.82, 2.24) is 20.0 Å². The summed E-state index contributed by atoms with van der Waals surface area (Å²) in [6, 6.07) is 4.56. The minimum absolute atomic E-state index is 0.169. The van der Waals surface area contributed by atoms with Crippen LogP contribution in [0.4, 0.5) is 24.1 Å². The predicted molar refractivity (Wildman–Crippen MR) is 168 cm³/mol. The number of aliphatic imine (C=N–C) groups is 1. The second-order valence-electron chi connectivity index (χ2n) is 12.5. The molecule has 0 spiro atoms. The van der Waals surface area contributed by atoms with Crippen molar-refractivity contribution in [3.05, 3.63) is 46.5 Å². The number of benzene rings is 2. The Kier molecular flexibility index (Phi) is 8.46. The quantitative estimate of drug-likeness (QED) is 0.460. The zero-order valence-corrected chi connectivity index (χ0v) is 26.8. The van der Waals surface area contributed by atoms with Crippen LogP contribution in [0.1, 0.15) is 33.3 Å². The van der Waals surface area contributed by atoms with Gasteiger partial charge in [-0.3, -0.25) is 4.90 Å². The maximum atomic E-state index is 15.2. The van der Waals surface area contributed by atoms with E-state index in [0.717, 1.165) is 38.0 Å². The molecular weight excluding hydrogens is 610 g/mol. The number of carbonyl (C=O) groups excluding carboxylic acids is 2. The van der Waals surface area contributed by atoms with Crippen molar-refractivity contribution in [2.24, 2.45) is 4.99 Å². The Labute approximate surface area is 264 Å². The molecule has 4 heterocycles. The standard InChI is InChI=1S/C31H36ClF2N6O3S/c1-18-15-38(30(42)43-31(2,3)4)11-12-39(18)28-22-14-23(32)25(21-6-5-19(33)13-24(21)34)27-26(22)40(29(41)36-28)20(17-44-27)16-37-9-7-35-8-10-37/h5-6,13-14,18,35H,7-12,15-17H2,1-4H3/q+1/t18-/m0/s1. The first kappa shape index (κ1) is 30.9. The van der Waals surface area contributed by atoms with Gasteiger partial charge in [0.25, 0.3) is 5.84 Å². The highest BCUT2D eigenvalue weighted by molar-refractivity contribution is 8.00. The van der Waals surface area contributed by atoms with E-state index in [2.05, 4.69) is 15.2 Å². The number of halogens is 3. The molecule has 44 heavy (non-hydrogen) atoms. The molecule has 1 N–H and O–H groups in total. The third-order valence-corrected chi connectivity index (χ3v) is 9.59. The van der Waals surface area contributed by atoms with Crippen LogP contribution in [-0.2, 0) is 4.74 Å². The summed E-state index contributed by atoms with van der Waals surface area (Å²) in [5.74, 6) is -0.447. The molecule has 0 unspecified atom stereocenters. The summed E-state index contributed by atoms with van der Waals surface area (Å²) in [6.45, 7) is 12.7. The van der Waals surface area contributed by atoms with Gasteiger partial charge in [0.15, 0.2) is 5.69 Å². The lowest BCUT2D eigenvalue weighted by molar-refractivity contribution is -0.336. The Morgan fingerprint density at radius 3 is 2.59 bits per heavy atom. The van der Waals surface area contributed by atoms with Crippen LogP contribution in [0.3, 0.4) is 0 Å². The number of rotatable bonds is 3. The average molecular weight is 646 g/mol. The molecule has 0 radical (unpaired) electrons. The van der Waals surface area contributed by atoms with Crippen molar-refractivity contribution in [2.75, 3.05) is 58.1 Å². The van der Waals surface area contributed by atoms with Gasteiger partial charge in [-0.1, -0.05) is 11.6 Å². The van der Waals surface area contributed by atoms with Gasteiger partial charge in [-0.25, -0.2) is 13.6 Å². The number of piperazine rings is 2. The second kappa shape index (κ2) is 12.0. The summed E-state index contributed by atoms with van der Waals surface area (Å²) in [6.07, 6.45) is -0.383. The molecule has 9 nitrogen and oxygen atoms in total. The van der Waals surface area contributed by atoms with Gasteiger partial charge in [0.2, 0.25) is 0 Å². The van der Waals surface area contributed by atoms with Crippen LogP contribution in [0.25, 0.3) is 11.1 Å². The largest absolute Gasteiger partial charge is 0.546 e. The first-order chi connectivity index (χ1) is 20.9. The summed E-state index contributed by atoms with van der Waals surface area (Å²) in [4.78, 5) is 38.0. The monoisotopic (exact) mass is 645 g/mol. The molecule has 4 aliphatic rings. The van der Waals surface area contributed by atoms with Crippen LogP contribution >= 0.6 is 23.4 Å². The number of amides is 3. The van der Waals surface area contributed by atoms with E-state index in [1.54, 1.807) is 15.5 Å². The molecule has 1 atom stereocenters. The van der Waals surface area contributed by atoms with Gasteiger partial charge in [-0.05, 0) is 45.9 Å². The highest BCUT2D eigenvalue weighted by atomic mass is 35.5. The number of hydrogen-bond acceptors (Lipinski definition) is 7. The maximum absolute atomic E-state index is 15.2. The minimum Gasteiger partial charge on any atom is -0.444 e. The summed E-state index contributed by atoms with van der Waals surface area (Å²) in [5, 5.41) is 3.64. The van der Waals surface area contributed by atoms with Crippen LogP contribution in [-0.4, -0.2) is 113 Å². The van der Waals surface area contributed by atoms with Crippen LogP contribution in [0.5, 0.6) is 0 Å². The SMILES string of the molecule is C[C@H]1CN(C(=O)OC(C)(C)C)CCN1C1=NC(=O)[N+]2=C(CN3CCNCC3)CSc3c(-c4ccc(F)cc4F)c(Cl)cc1c32. The van der Waals surface area contributed by atoms with Crippen LogP contribution < -0.4 is 5.32 Å². The second-order valence-corrected chi connectivity index (χ2v) is 13.9. The topological polar surface area (TPSA) is 80.5 Å². The van der Waals surface area contributed by atoms with Gasteiger partial charge in [-0.2, -0.15) is 9.37 Å². The molecular formula is C31H36ClF2N6O3S+. The van der Waals surface area contributed by atoms with Gasteiger partial charge in [0.1, 0.15) is 22.9 Å². The van der Waals surface area contributed by atoms with Crippen molar-refractivity contribution in [1.29, 1.82) is 0 Å². The summed E-state index contributed by atoms with van der Waals surface area (Å²) < 4.78 is 36.3. The normalized spacial score (nSPS) is 20.9. The number of thioether (sulfide) groups is 1. The summed E-state index contributed by atoms with van der Waals surface area (Å²) in [5.41, 5.74) is 2.16. The van der Waals surface area contributed by atoms with Crippen molar-refractivity contribution in [2.45, 2.75) is 44.2 Å². The van der Waals surface area contributed by atoms with Crippen LogP contribution in [0.15, 0.2) is 34.2 Å². The number of nitrogens with one attached hydrogen (secondary N) is 1. The summed E-state index contributed by atoms with van der Waals surface area (Å²) >= 11 is 8.42. The van der Waals surface area contributed by atoms with E-state index in [1.807, 2.05) is 32.6 Å². The maximum Gasteiger partial charge on any atom is 0.546 e. The Hall–Kier alpha value is -3.06. The van der Waals surface area contributed by atoms with Crippen molar-refractivity contribution in [3.63, 3.8) is 0 Å². The van der Waals surface area contributed by atoms with Crippen molar-refractivity contribution >= 4 is 52.7 Å². The van der Waals surface area contributed by atoms with Crippen molar-refractivity contribution < 1.29 is 27.7 Å². The molecule has 0 saturated carbocycles. The lowest BCUT2D eigenvalue weighted by Gasteiger charge is -2.41. The van der Waals surface area contributed by atoms with Gasteiger partial charge >= 0.3 is 12.1 Å². The number of ether oxygens (including phenoxy) is 1. The lowest BCUT2D eigenvalue weighted by Crippen LogP contribution is -2.57. The molecule has 0 bridgehead atoms. The molecule has 3 amide bonds. The highest BCUT2D eigenvalue weighted by Crippen LogP contribution is 2.49. The number of hydrogen-bond donors (Lipinski definition) is 1. The lowest BCUT2D eigenvalue weighted by atomic mass is 9.98. The Morgan fingerprint density at radius 1 is 1.16 bits per heavy atom.